The van der Waals surface area contributed by atoms with E-state index in [1.54, 1.807) is 22.6 Å². The van der Waals surface area contributed by atoms with Crippen LogP contribution in [0, 0.1) is 0 Å². The van der Waals surface area contributed by atoms with Gasteiger partial charge in [0.1, 0.15) is 5.60 Å². The summed E-state index contributed by atoms with van der Waals surface area (Å²) in [4.78, 5) is 25.7. The van der Waals surface area contributed by atoms with E-state index in [1.165, 1.54) is 5.56 Å². The summed E-state index contributed by atoms with van der Waals surface area (Å²) in [5.74, 6) is 0.305. The molecule has 1 amide bonds. The van der Waals surface area contributed by atoms with Crippen molar-refractivity contribution >= 4 is 17.0 Å². The predicted molar refractivity (Wildman–Crippen MR) is 94.4 cm³/mol. The van der Waals surface area contributed by atoms with Gasteiger partial charge in [0.25, 0.3) is 5.56 Å². The highest BCUT2D eigenvalue weighted by Gasteiger charge is 2.30. The van der Waals surface area contributed by atoms with E-state index in [0.29, 0.717) is 19.0 Å². The van der Waals surface area contributed by atoms with Crippen molar-refractivity contribution in [1.82, 2.24) is 9.47 Å². The first kappa shape index (κ1) is 16.6. The van der Waals surface area contributed by atoms with Crippen molar-refractivity contribution < 1.29 is 9.53 Å². The SMILES string of the molecule is Cn1c(=O)ccc2cc(C3CCN(C(=O)OC(C)(C)C)C3)ccc21. The molecule has 0 saturated carbocycles. The molecule has 1 aromatic heterocycles. The molecule has 2 aromatic rings. The van der Waals surface area contributed by atoms with Crippen molar-refractivity contribution in [2.24, 2.45) is 7.05 Å². The molecule has 0 N–H and O–H groups in total. The molecule has 1 aliphatic rings. The molecule has 1 fully saturated rings. The van der Waals surface area contributed by atoms with Crippen molar-refractivity contribution in [2.75, 3.05) is 13.1 Å². The maximum absolute atomic E-state index is 12.2. The number of amides is 1. The van der Waals surface area contributed by atoms with E-state index in [0.717, 1.165) is 17.3 Å². The number of carbonyl (C=O) groups excluding carboxylic acids is 1. The number of hydrogen-bond acceptors (Lipinski definition) is 3. The Labute approximate surface area is 141 Å². The summed E-state index contributed by atoms with van der Waals surface area (Å²) in [7, 11) is 1.78. The fourth-order valence-electron chi connectivity index (χ4n) is 3.18. The summed E-state index contributed by atoms with van der Waals surface area (Å²) in [6.45, 7) is 7.03. The molecule has 0 bridgehead atoms. The second-order valence-electron chi connectivity index (χ2n) is 7.46. The number of rotatable bonds is 1. The summed E-state index contributed by atoms with van der Waals surface area (Å²) in [5.41, 5.74) is 1.65. The standard InChI is InChI=1S/C19H24N2O3/c1-19(2,3)24-18(23)21-10-9-15(12-21)13-5-7-16-14(11-13)6-8-17(22)20(16)4/h5-8,11,15H,9-10,12H2,1-4H3. The third-order valence-electron chi connectivity index (χ3n) is 4.46. The van der Waals surface area contributed by atoms with Crippen LogP contribution in [-0.4, -0.2) is 34.3 Å². The van der Waals surface area contributed by atoms with E-state index in [9.17, 15) is 9.59 Å². The van der Waals surface area contributed by atoms with Gasteiger partial charge < -0.3 is 14.2 Å². The van der Waals surface area contributed by atoms with Crippen LogP contribution in [0.25, 0.3) is 10.9 Å². The average molecular weight is 328 g/mol. The number of ether oxygens (including phenoxy) is 1. The first-order chi connectivity index (χ1) is 11.2. The minimum Gasteiger partial charge on any atom is -0.444 e. The Morgan fingerprint density at radius 3 is 2.67 bits per heavy atom. The van der Waals surface area contributed by atoms with E-state index in [-0.39, 0.29) is 11.7 Å². The number of aryl methyl sites for hydroxylation is 1. The molecule has 5 nitrogen and oxygen atoms in total. The summed E-state index contributed by atoms with van der Waals surface area (Å²) >= 11 is 0. The van der Waals surface area contributed by atoms with Crippen molar-refractivity contribution in [2.45, 2.75) is 38.7 Å². The molecule has 1 saturated heterocycles. The largest absolute Gasteiger partial charge is 0.444 e. The third-order valence-corrected chi connectivity index (χ3v) is 4.46. The lowest BCUT2D eigenvalue weighted by atomic mass is 9.97. The molecule has 1 aromatic carbocycles. The number of likely N-dealkylation sites (tertiary alicyclic amines) is 1. The zero-order valence-corrected chi connectivity index (χ0v) is 14.7. The first-order valence-electron chi connectivity index (χ1n) is 8.32. The summed E-state index contributed by atoms with van der Waals surface area (Å²) in [6.07, 6.45) is 0.685. The summed E-state index contributed by atoms with van der Waals surface area (Å²) in [6, 6.07) is 9.63. The molecule has 3 rings (SSSR count). The molecule has 1 aliphatic heterocycles. The monoisotopic (exact) mass is 328 g/mol. The number of carbonyl (C=O) groups is 1. The molecule has 1 unspecified atom stereocenters. The lowest BCUT2D eigenvalue weighted by Crippen LogP contribution is -2.35. The second-order valence-corrected chi connectivity index (χ2v) is 7.46. The molecule has 0 aliphatic carbocycles. The van der Waals surface area contributed by atoms with E-state index < -0.39 is 5.60 Å². The normalized spacial score (nSPS) is 18.2. The molecule has 1 atom stereocenters. The number of benzene rings is 1. The molecule has 0 radical (unpaired) electrons. The zero-order chi connectivity index (χ0) is 17.5. The molecule has 24 heavy (non-hydrogen) atoms. The smallest absolute Gasteiger partial charge is 0.410 e. The van der Waals surface area contributed by atoms with Crippen LogP contribution in [0.5, 0.6) is 0 Å². The minimum atomic E-state index is -0.469. The van der Waals surface area contributed by atoms with E-state index in [2.05, 4.69) is 12.1 Å². The van der Waals surface area contributed by atoms with Crippen molar-refractivity contribution in [3.63, 3.8) is 0 Å². The van der Waals surface area contributed by atoms with Crippen molar-refractivity contribution in [1.29, 1.82) is 0 Å². The Kier molecular flexibility index (Phi) is 4.11. The average Bonchev–Trinajstić information content (AvgIpc) is 2.99. The van der Waals surface area contributed by atoms with Crippen molar-refractivity contribution in [3.8, 4) is 0 Å². The van der Waals surface area contributed by atoms with Crippen LogP contribution in [0.3, 0.4) is 0 Å². The first-order valence-corrected chi connectivity index (χ1v) is 8.32. The van der Waals surface area contributed by atoms with Gasteiger partial charge in [0.05, 0.1) is 5.52 Å². The van der Waals surface area contributed by atoms with Gasteiger partial charge in [-0.1, -0.05) is 6.07 Å². The summed E-state index contributed by atoms with van der Waals surface area (Å²) < 4.78 is 7.11. The van der Waals surface area contributed by atoms with E-state index in [4.69, 9.17) is 4.74 Å². The molecule has 2 heterocycles. The Balaban J connectivity index is 1.79. The molecular weight excluding hydrogens is 304 g/mol. The highest BCUT2D eigenvalue weighted by Crippen LogP contribution is 2.30. The maximum atomic E-state index is 12.2. The van der Waals surface area contributed by atoms with E-state index >= 15 is 0 Å². The maximum Gasteiger partial charge on any atom is 0.410 e. The van der Waals surface area contributed by atoms with Gasteiger partial charge in [0.15, 0.2) is 0 Å². The predicted octanol–water partition coefficient (Wildman–Crippen LogP) is 3.26. The highest BCUT2D eigenvalue weighted by molar-refractivity contribution is 5.80. The number of nitrogens with zero attached hydrogens (tertiary/aromatic N) is 2. The summed E-state index contributed by atoms with van der Waals surface area (Å²) in [5, 5.41) is 1.05. The lowest BCUT2D eigenvalue weighted by Gasteiger charge is -2.24. The third kappa shape index (κ3) is 3.30. The topological polar surface area (TPSA) is 51.5 Å². The van der Waals surface area contributed by atoms with Crippen LogP contribution < -0.4 is 5.56 Å². The Morgan fingerprint density at radius 1 is 1.21 bits per heavy atom. The second kappa shape index (κ2) is 5.96. The molecular formula is C19H24N2O3. The van der Waals surface area contributed by atoms with Gasteiger partial charge in [-0.15, -0.1) is 0 Å². The quantitative estimate of drug-likeness (QED) is 0.807. The van der Waals surface area contributed by atoms with Gasteiger partial charge in [-0.2, -0.15) is 0 Å². The van der Waals surface area contributed by atoms with Crippen LogP contribution in [0.4, 0.5) is 4.79 Å². The lowest BCUT2D eigenvalue weighted by molar-refractivity contribution is 0.0292. The zero-order valence-electron chi connectivity index (χ0n) is 14.7. The van der Waals surface area contributed by atoms with Gasteiger partial charge in [0.2, 0.25) is 0 Å². The van der Waals surface area contributed by atoms with Gasteiger partial charge in [-0.3, -0.25) is 4.79 Å². The number of pyridine rings is 1. The number of fused-ring (bicyclic) bond motifs is 1. The fourth-order valence-corrected chi connectivity index (χ4v) is 3.18. The molecule has 0 spiro atoms. The van der Waals surface area contributed by atoms with Crippen LogP contribution in [-0.2, 0) is 11.8 Å². The highest BCUT2D eigenvalue weighted by atomic mass is 16.6. The van der Waals surface area contributed by atoms with Crippen LogP contribution >= 0.6 is 0 Å². The van der Waals surface area contributed by atoms with Crippen molar-refractivity contribution in [3.05, 3.63) is 46.2 Å². The Morgan fingerprint density at radius 2 is 1.96 bits per heavy atom. The van der Waals surface area contributed by atoms with E-state index in [1.807, 2.05) is 32.9 Å². The number of hydrogen-bond donors (Lipinski definition) is 0. The van der Waals surface area contributed by atoms with Crippen LogP contribution in [0.2, 0.25) is 0 Å². The van der Waals surface area contributed by atoms with Gasteiger partial charge in [-0.05, 0) is 56.3 Å². The van der Waals surface area contributed by atoms with Crippen LogP contribution in [0.1, 0.15) is 38.7 Å². The van der Waals surface area contributed by atoms with Gasteiger partial charge >= 0.3 is 6.09 Å². The minimum absolute atomic E-state index is 0.00721. The van der Waals surface area contributed by atoms with Crippen LogP contribution in [0.15, 0.2) is 35.1 Å². The fraction of sp³-hybridized carbons (Fsp3) is 0.474. The van der Waals surface area contributed by atoms with Gasteiger partial charge in [0, 0.05) is 32.1 Å². The Bertz CT molecular complexity index is 833. The molecule has 128 valence electrons. The van der Waals surface area contributed by atoms with Gasteiger partial charge in [-0.25, -0.2) is 4.79 Å². The molecule has 5 heteroatoms. The number of aromatic nitrogens is 1. The Hall–Kier alpha value is -2.30.